The van der Waals surface area contributed by atoms with Gasteiger partial charge in [0.2, 0.25) is 0 Å². The second-order valence-corrected chi connectivity index (χ2v) is 5.77. The van der Waals surface area contributed by atoms with Gasteiger partial charge in [-0.15, -0.1) is 0 Å². The molecule has 1 saturated heterocycles. The van der Waals surface area contributed by atoms with Crippen LogP contribution in [0.1, 0.15) is 12.5 Å². The monoisotopic (exact) mass is 293 g/mol. The fourth-order valence-electron chi connectivity index (χ4n) is 2.97. The van der Waals surface area contributed by atoms with Crippen molar-refractivity contribution in [2.75, 3.05) is 40.3 Å². The topological polar surface area (TPSA) is 47.2 Å². The summed E-state index contributed by atoms with van der Waals surface area (Å²) in [4.78, 5) is 14.7. The minimum atomic E-state index is 0.0533. The second-order valence-electron chi connectivity index (χ2n) is 5.77. The first kappa shape index (κ1) is 15.8. The van der Waals surface area contributed by atoms with Crippen LogP contribution in [0.4, 0.5) is 0 Å². The molecular weight excluding hydrogens is 266 g/mol. The first-order valence-electron chi connectivity index (χ1n) is 7.66. The van der Waals surface area contributed by atoms with Crippen molar-refractivity contribution >= 4 is 5.91 Å². The summed E-state index contributed by atoms with van der Waals surface area (Å²) in [7, 11) is 3.40. The number of benzene rings is 1. The van der Waals surface area contributed by atoms with Gasteiger partial charge in [0.1, 0.15) is 38.5 Å². The summed E-state index contributed by atoms with van der Waals surface area (Å²) >= 11 is 0. The molecule has 3 N–H and O–H groups in total. The summed E-state index contributed by atoms with van der Waals surface area (Å²) in [5.41, 5.74) is 1.34. The first-order chi connectivity index (χ1) is 10.1. The summed E-state index contributed by atoms with van der Waals surface area (Å²) in [6.07, 6.45) is 0. The van der Waals surface area contributed by atoms with Crippen LogP contribution >= 0.6 is 0 Å². The van der Waals surface area contributed by atoms with Gasteiger partial charge in [0, 0.05) is 12.6 Å². The summed E-state index contributed by atoms with van der Waals surface area (Å²) in [6, 6.07) is 8.36. The molecule has 1 aliphatic heterocycles. The van der Waals surface area contributed by atoms with E-state index >= 15 is 0 Å². The Bertz CT molecular complexity index is 453. The number of ether oxygens (including phenoxy) is 1. The van der Waals surface area contributed by atoms with Crippen LogP contribution in [-0.2, 0) is 11.3 Å². The maximum atomic E-state index is 11.7. The lowest BCUT2D eigenvalue weighted by Gasteiger charge is -2.32. The molecule has 1 heterocycles. The van der Waals surface area contributed by atoms with E-state index in [0.29, 0.717) is 0 Å². The van der Waals surface area contributed by atoms with Crippen molar-refractivity contribution < 1.29 is 19.3 Å². The number of carbonyl (C=O) groups is 1. The average molecular weight is 293 g/mol. The molecule has 1 aromatic rings. The molecule has 0 aliphatic carbocycles. The molecule has 5 heteroatoms. The Balaban J connectivity index is 1.82. The van der Waals surface area contributed by atoms with Gasteiger partial charge in [0.15, 0.2) is 6.04 Å². The van der Waals surface area contributed by atoms with E-state index in [9.17, 15) is 4.79 Å². The SMILES string of the molecule is CNC(=O)[C@H](C)[NH+]1CC[NH+](Cc2ccc(OC)cc2)CC1. The predicted octanol–water partition coefficient (Wildman–Crippen LogP) is -1.89. The number of hydrogen-bond acceptors (Lipinski definition) is 2. The molecule has 1 amide bonds. The maximum Gasteiger partial charge on any atom is 0.277 e. The number of methoxy groups -OCH3 is 1. The standard InChI is InChI=1S/C16H25N3O2/c1-13(16(20)17-2)19-10-8-18(9-11-19)12-14-4-6-15(21-3)7-5-14/h4-7,13H,8-12H2,1-3H3,(H,17,20)/p+2/t13-/m0/s1. The van der Waals surface area contributed by atoms with Crippen LogP contribution in [0.3, 0.4) is 0 Å². The van der Waals surface area contributed by atoms with Crippen molar-refractivity contribution in [1.29, 1.82) is 0 Å². The average Bonchev–Trinajstić information content (AvgIpc) is 2.55. The first-order valence-corrected chi connectivity index (χ1v) is 7.66. The number of carbonyl (C=O) groups excluding carboxylic acids is 1. The molecule has 21 heavy (non-hydrogen) atoms. The number of amides is 1. The highest BCUT2D eigenvalue weighted by atomic mass is 16.5. The normalized spacial score (nSPS) is 23.4. The molecule has 0 aromatic heterocycles. The Labute approximate surface area is 126 Å². The highest BCUT2D eigenvalue weighted by Crippen LogP contribution is 2.10. The summed E-state index contributed by atoms with van der Waals surface area (Å²) in [5.74, 6) is 1.05. The van der Waals surface area contributed by atoms with E-state index in [1.54, 1.807) is 19.1 Å². The van der Waals surface area contributed by atoms with Crippen LogP contribution in [0.25, 0.3) is 0 Å². The van der Waals surface area contributed by atoms with Crippen molar-refractivity contribution in [3.8, 4) is 5.75 Å². The third-order valence-electron chi connectivity index (χ3n) is 4.46. The summed E-state index contributed by atoms with van der Waals surface area (Å²) < 4.78 is 5.18. The number of hydrogen-bond donors (Lipinski definition) is 3. The van der Waals surface area contributed by atoms with Crippen LogP contribution in [0.5, 0.6) is 5.75 Å². The zero-order valence-corrected chi connectivity index (χ0v) is 13.2. The van der Waals surface area contributed by atoms with E-state index in [0.717, 1.165) is 38.5 Å². The van der Waals surface area contributed by atoms with E-state index in [1.807, 2.05) is 19.1 Å². The van der Waals surface area contributed by atoms with Gasteiger partial charge in [-0.25, -0.2) is 0 Å². The van der Waals surface area contributed by atoms with Gasteiger partial charge in [-0.3, -0.25) is 4.79 Å². The Morgan fingerprint density at radius 2 is 1.86 bits per heavy atom. The van der Waals surface area contributed by atoms with E-state index in [1.165, 1.54) is 10.5 Å². The van der Waals surface area contributed by atoms with E-state index in [2.05, 4.69) is 17.4 Å². The highest BCUT2D eigenvalue weighted by molar-refractivity contribution is 5.79. The number of rotatable bonds is 5. The van der Waals surface area contributed by atoms with Gasteiger partial charge < -0.3 is 19.9 Å². The molecule has 0 radical (unpaired) electrons. The smallest absolute Gasteiger partial charge is 0.277 e. The maximum absolute atomic E-state index is 11.7. The van der Waals surface area contributed by atoms with E-state index < -0.39 is 0 Å². The molecule has 1 fully saturated rings. The zero-order valence-electron chi connectivity index (χ0n) is 13.2. The number of nitrogens with one attached hydrogen (secondary N) is 3. The molecule has 0 spiro atoms. The van der Waals surface area contributed by atoms with Crippen molar-refractivity contribution in [2.24, 2.45) is 0 Å². The Morgan fingerprint density at radius 3 is 2.38 bits per heavy atom. The van der Waals surface area contributed by atoms with Gasteiger partial charge in [0.25, 0.3) is 5.91 Å². The lowest BCUT2D eigenvalue weighted by atomic mass is 10.1. The summed E-state index contributed by atoms with van der Waals surface area (Å²) in [5, 5.41) is 2.75. The second kappa shape index (κ2) is 7.43. The third-order valence-corrected chi connectivity index (χ3v) is 4.46. The van der Waals surface area contributed by atoms with Crippen molar-refractivity contribution in [3.63, 3.8) is 0 Å². The number of likely N-dealkylation sites (N-methyl/N-ethyl adjacent to an activating group) is 1. The Hall–Kier alpha value is -1.59. The molecule has 1 aliphatic rings. The van der Waals surface area contributed by atoms with Gasteiger partial charge in [-0.1, -0.05) is 0 Å². The van der Waals surface area contributed by atoms with Gasteiger partial charge in [-0.2, -0.15) is 0 Å². The lowest BCUT2D eigenvalue weighted by Crippen LogP contribution is -3.29. The van der Waals surface area contributed by atoms with Crippen LogP contribution < -0.4 is 19.9 Å². The molecule has 2 rings (SSSR count). The minimum absolute atomic E-state index is 0.0533. The molecule has 0 saturated carbocycles. The van der Waals surface area contributed by atoms with E-state index in [4.69, 9.17) is 4.74 Å². The lowest BCUT2D eigenvalue weighted by molar-refractivity contribution is -1.02. The minimum Gasteiger partial charge on any atom is -0.497 e. The fourth-order valence-corrected chi connectivity index (χ4v) is 2.97. The van der Waals surface area contributed by atoms with Crippen molar-refractivity contribution in [1.82, 2.24) is 5.32 Å². The number of piperazine rings is 1. The van der Waals surface area contributed by atoms with Gasteiger partial charge >= 0.3 is 0 Å². The Morgan fingerprint density at radius 1 is 1.24 bits per heavy atom. The molecule has 5 nitrogen and oxygen atoms in total. The highest BCUT2D eigenvalue weighted by Gasteiger charge is 2.30. The van der Waals surface area contributed by atoms with Crippen LogP contribution in [-0.4, -0.2) is 52.3 Å². The van der Waals surface area contributed by atoms with Crippen LogP contribution in [0.2, 0.25) is 0 Å². The molecular formula is C16H27N3O2+2. The molecule has 0 unspecified atom stereocenters. The van der Waals surface area contributed by atoms with Gasteiger partial charge in [0.05, 0.1) is 7.11 Å². The molecule has 1 aromatic carbocycles. The largest absolute Gasteiger partial charge is 0.497 e. The zero-order chi connectivity index (χ0) is 15.2. The molecule has 116 valence electrons. The fraction of sp³-hybridized carbons (Fsp3) is 0.562. The quantitative estimate of drug-likeness (QED) is 0.595. The third kappa shape index (κ3) is 4.19. The van der Waals surface area contributed by atoms with Crippen LogP contribution in [0, 0.1) is 0 Å². The van der Waals surface area contributed by atoms with Crippen LogP contribution in [0.15, 0.2) is 24.3 Å². The van der Waals surface area contributed by atoms with Gasteiger partial charge in [-0.05, 0) is 31.2 Å². The Kier molecular flexibility index (Phi) is 5.59. The van der Waals surface area contributed by atoms with E-state index in [-0.39, 0.29) is 11.9 Å². The number of quaternary nitrogens is 2. The van der Waals surface area contributed by atoms with Crippen molar-refractivity contribution in [2.45, 2.75) is 19.5 Å². The molecule has 1 atom stereocenters. The summed E-state index contributed by atoms with van der Waals surface area (Å²) in [6.45, 7) is 7.40. The molecule has 0 bridgehead atoms. The predicted molar refractivity (Wildman–Crippen MR) is 81.6 cm³/mol. The van der Waals surface area contributed by atoms with Crippen molar-refractivity contribution in [3.05, 3.63) is 29.8 Å².